The van der Waals surface area contributed by atoms with Crippen LogP contribution in [-0.2, 0) is 16.0 Å². The van der Waals surface area contributed by atoms with Crippen molar-refractivity contribution < 1.29 is 9.53 Å². The number of hydrogen-bond donors (Lipinski definition) is 2. The van der Waals surface area contributed by atoms with Crippen molar-refractivity contribution in [2.75, 3.05) is 19.7 Å². The summed E-state index contributed by atoms with van der Waals surface area (Å²) in [6, 6.07) is 12.6. The number of nitrogens with one attached hydrogen (secondary N) is 2. The van der Waals surface area contributed by atoms with Crippen molar-refractivity contribution in [1.82, 2.24) is 15.6 Å². The molecule has 4 rings (SSSR count). The van der Waals surface area contributed by atoms with Crippen LogP contribution in [0.1, 0.15) is 31.2 Å². The summed E-state index contributed by atoms with van der Waals surface area (Å²) >= 11 is 0. The molecule has 2 aromatic rings. The van der Waals surface area contributed by atoms with Gasteiger partial charge in [0.05, 0.1) is 6.61 Å². The van der Waals surface area contributed by atoms with Gasteiger partial charge < -0.3 is 15.4 Å². The molecule has 5 nitrogen and oxygen atoms in total. The van der Waals surface area contributed by atoms with Gasteiger partial charge in [-0.1, -0.05) is 43.2 Å². The van der Waals surface area contributed by atoms with Crippen LogP contribution in [0.25, 0.3) is 11.1 Å². The monoisotopic (exact) mass is 365 g/mol. The number of ether oxygens (including phenoxy) is 1. The van der Waals surface area contributed by atoms with Gasteiger partial charge in [-0.05, 0) is 35.6 Å². The van der Waals surface area contributed by atoms with Gasteiger partial charge in [0.25, 0.3) is 5.91 Å². The molecule has 1 saturated heterocycles. The molecule has 0 spiro atoms. The van der Waals surface area contributed by atoms with Crippen LogP contribution in [0.3, 0.4) is 0 Å². The fraction of sp³-hybridized carbons (Fsp3) is 0.455. The summed E-state index contributed by atoms with van der Waals surface area (Å²) in [5.41, 5.74) is 2.44. The van der Waals surface area contributed by atoms with Gasteiger partial charge in [0, 0.05) is 37.9 Å². The number of morpholine rings is 1. The second-order valence-electron chi connectivity index (χ2n) is 7.59. The first-order valence-corrected chi connectivity index (χ1v) is 9.90. The number of benzene rings is 1. The predicted octanol–water partition coefficient (Wildman–Crippen LogP) is 2.71. The van der Waals surface area contributed by atoms with E-state index in [1.165, 1.54) is 12.8 Å². The maximum Gasteiger partial charge on any atom is 0.254 e. The minimum atomic E-state index is -0.839. The number of rotatable bonds is 5. The minimum Gasteiger partial charge on any atom is -0.362 e. The number of carbonyl (C=O) groups excluding carboxylic acids is 1. The third-order valence-electron chi connectivity index (χ3n) is 5.58. The second kappa shape index (κ2) is 8.19. The number of nitrogens with zero attached hydrogens (tertiary/aromatic N) is 1. The molecule has 1 aromatic heterocycles. The lowest BCUT2D eigenvalue weighted by Gasteiger charge is -2.37. The van der Waals surface area contributed by atoms with E-state index in [1.807, 2.05) is 24.4 Å². The summed E-state index contributed by atoms with van der Waals surface area (Å²) in [7, 11) is 0. The van der Waals surface area contributed by atoms with Crippen molar-refractivity contribution in [3.8, 4) is 11.1 Å². The van der Waals surface area contributed by atoms with E-state index in [0.29, 0.717) is 25.6 Å². The molecule has 1 aliphatic heterocycles. The third kappa shape index (κ3) is 4.20. The number of carbonyl (C=O) groups is 1. The van der Waals surface area contributed by atoms with Gasteiger partial charge >= 0.3 is 0 Å². The van der Waals surface area contributed by atoms with Crippen molar-refractivity contribution in [2.45, 2.75) is 43.7 Å². The van der Waals surface area contributed by atoms with Crippen molar-refractivity contribution in [1.29, 1.82) is 0 Å². The van der Waals surface area contributed by atoms with Gasteiger partial charge in [-0.3, -0.25) is 9.78 Å². The van der Waals surface area contributed by atoms with Gasteiger partial charge in [-0.25, -0.2) is 0 Å². The summed E-state index contributed by atoms with van der Waals surface area (Å²) in [6.45, 7) is 1.89. The normalized spacial score (nSPS) is 23.3. The van der Waals surface area contributed by atoms with E-state index < -0.39 is 5.60 Å². The largest absolute Gasteiger partial charge is 0.362 e. The molecule has 1 atom stereocenters. The molecule has 2 N–H and O–H groups in total. The summed E-state index contributed by atoms with van der Waals surface area (Å²) in [4.78, 5) is 17.4. The summed E-state index contributed by atoms with van der Waals surface area (Å²) in [6.07, 6.45) is 8.75. The molecule has 1 saturated carbocycles. The highest BCUT2D eigenvalue weighted by Gasteiger charge is 2.42. The average molecular weight is 365 g/mol. The van der Waals surface area contributed by atoms with Crippen molar-refractivity contribution >= 4 is 5.91 Å². The van der Waals surface area contributed by atoms with E-state index in [1.54, 1.807) is 6.20 Å². The lowest BCUT2D eigenvalue weighted by Crippen LogP contribution is -2.61. The maximum atomic E-state index is 13.1. The highest BCUT2D eigenvalue weighted by molar-refractivity contribution is 5.86. The Morgan fingerprint density at radius 3 is 2.81 bits per heavy atom. The zero-order valence-corrected chi connectivity index (χ0v) is 15.6. The van der Waals surface area contributed by atoms with E-state index in [9.17, 15) is 4.79 Å². The fourth-order valence-corrected chi connectivity index (χ4v) is 4.11. The summed E-state index contributed by atoms with van der Waals surface area (Å²) in [5.74, 6) is 0.0216. The van der Waals surface area contributed by atoms with Gasteiger partial charge in [0.15, 0.2) is 5.60 Å². The van der Waals surface area contributed by atoms with E-state index >= 15 is 0 Å². The van der Waals surface area contributed by atoms with Crippen molar-refractivity contribution in [2.24, 2.45) is 0 Å². The molecule has 2 aliphatic rings. The molecule has 0 bridgehead atoms. The Kier molecular flexibility index (Phi) is 5.50. The van der Waals surface area contributed by atoms with E-state index in [4.69, 9.17) is 4.74 Å². The van der Waals surface area contributed by atoms with Crippen molar-refractivity contribution in [3.63, 3.8) is 0 Å². The number of amides is 1. The Labute approximate surface area is 160 Å². The van der Waals surface area contributed by atoms with Crippen LogP contribution in [0.5, 0.6) is 0 Å². The SMILES string of the molecule is O=C(NC1CCCC1)C1(Cc2cccc(-c3cccnc3)c2)CNCCO1. The standard InChI is InChI=1S/C22H27N3O2/c26-21(25-20-8-1-2-9-20)22(16-24-11-12-27-22)14-17-5-3-6-18(13-17)19-7-4-10-23-15-19/h3-7,10,13,15,20,24H,1-2,8-9,11-12,14,16H2,(H,25,26). The van der Waals surface area contributed by atoms with Crippen LogP contribution < -0.4 is 10.6 Å². The Hall–Kier alpha value is -2.24. The molecular weight excluding hydrogens is 338 g/mol. The summed E-state index contributed by atoms with van der Waals surface area (Å²) < 4.78 is 6.10. The molecule has 1 unspecified atom stereocenters. The Balaban J connectivity index is 1.55. The molecule has 27 heavy (non-hydrogen) atoms. The molecule has 1 amide bonds. The van der Waals surface area contributed by atoms with Crippen LogP contribution in [0.15, 0.2) is 48.8 Å². The Morgan fingerprint density at radius 2 is 2.07 bits per heavy atom. The zero-order chi connectivity index (χ0) is 18.5. The predicted molar refractivity (Wildman–Crippen MR) is 105 cm³/mol. The van der Waals surface area contributed by atoms with Crippen LogP contribution >= 0.6 is 0 Å². The molecular formula is C22H27N3O2. The van der Waals surface area contributed by atoms with E-state index in [-0.39, 0.29) is 5.91 Å². The summed E-state index contributed by atoms with van der Waals surface area (Å²) in [5, 5.41) is 6.59. The zero-order valence-electron chi connectivity index (χ0n) is 15.6. The van der Waals surface area contributed by atoms with Crippen LogP contribution in [0.2, 0.25) is 0 Å². The minimum absolute atomic E-state index is 0.0216. The van der Waals surface area contributed by atoms with Crippen LogP contribution in [0.4, 0.5) is 0 Å². The lowest BCUT2D eigenvalue weighted by atomic mass is 9.90. The smallest absolute Gasteiger partial charge is 0.254 e. The number of pyridine rings is 1. The van der Waals surface area contributed by atoms with Gasteiger partial charge in [-0.2, -0.15) is 0 Å². The number of hydrogen-bond acceptors (Lipinski definition) is 4. The Bertz CT molecular complexity index is 766. The molecule has 2 heterocycles. The topological polar surface area (TPSA) is 63.2 Å². The first-order chi connectivity index (χ1) is 13.3. The molecule has 1 aromatic carbocycles. The quantitative estimate of drug-likeness (QED) is 0.855. The van der Waals surface area contributed by atoms with Crippen LogP contribution in [0, 0.1) is 0 Å². The molecule has 142 valence electrons. The molecule has 2 fully saturated rings. The van der Waals surface area contributed by atoms with Gasteiger partial charge in [0.2, 0.25) is 0 Å². The fourth-order valence-electron chi connectivity index (χ4n) is 4.11. The molecule has 1 aliphatic carbocycles. The highest BCUT2D eigenvalue weighted by Crippen LogP contribution is 2.26. The molecule has 5 heteroatoms. The van der Waals surface area contributed by atoms with Gasteiger partial charge in [0.1, 0.15) is 0 Å². The Morgan fingerprint density at radius 1 is 1.22 bits per heavy atom. The third-order valence-corrected chi connectivity index (χ3v) is 5.58. The van der Waals surface area contributed by atoms with Crippen LogP contribution in [-0.4, -0.2) is 42.2 Å². The van der Waals surface area contributed by atoms with Gasteiger partial charge in [-0.15, -0.1) is 0 Å². The number of aromatic nitrogens is 1. The van der Waals surface area contributed by atoms with E-state index in [2.05, 4.69) is 33.8 Å². The average Bonchev–Trinajstić information content (AvgIpc) is 3.23. The highest BCUT2D eigenvalue weighted by atomic mass is 16.5. The first kappa shape index (κ1) is 18.1. The first-order valence-electron chi connectivity index (χ1n) is 9.90. The molecule has 0 radical (unpaired) electrons. The lowest BCUT2D eigenvalue weighted by molar-refractivity contribution is -0.151. The van der Waals surface area contributed by atoms with E-state index in [0.717, 1.165) is 36.1 Å². The second-order valence-corrected chi connectivity index (χ2v) is 7.59. The van der Waals surface area contributed by atoms with Crippen molar-refractivity contribution in [3.05, 3.63) is 54.4 Å². The maximum absolute atomic E-state index is 13.1.